The number of hydrogen-bond acceptors (Lipinski definition) is 4. The second-order valence-corrected chi connectivity index (χ2v) is 8.00. The molecule has 1 atom stereocenters. The van der Waals surface area contributed by atoms with Gasteiger partial charge in [-0.3, -0.25) is 9.78 Å². The van der Waals surface area contributed by atoms with Crippen LogP contribution in [0.25, 0.3) is 17.0 Å². The summed E-state index contributed by atoms with van der Waals surface area (Å²) in [4.78, 5) is 31.9. The minimum Gasteiger partial charge on any atom is -0.449 e. The Hall–Kier alpha value is -4.25. The maximum absolute atomic E-state index is 13.3. The van der Waals surface area contributed by atoms with Crippen LogP contribution in [0, 0.1) is 0 Å². The van der Waals surface area contributed by atoms with E-state index in [-0.39, 0.29) is 5.91 Å². The number of benzene rings is 3. The zero-order chi connectivity index (χ0) is 23.8. The molecule has 170 valence electrons. The number of carbonyl (C=O) groups excluding carboxylic acids is 2. The fourth-order valence-corrected chi connectivity index (χ4v) is 3.76. The molecule has 0 saturated heterocycles. The molecular weight excluding hydrogens is 424 g/mol. The van der Waals surface area contributed by atoms with E-state index < -0.39 is 12.1 Å². The van der Waals surface area contributed by atoms with Crippen LogP contribution < -0.4 is 0 Å². The van der Waals surface area contributed by atoms with E-state index in [9.17, 15) is 9.59 Å². The van der Waals surface area contributed by atoms with Gasteiger partial charge in [0.1, 0.15) is 0 Å². The summed E-state index contributed by atoms with van der Waals surface area (Å²) in [5.41, 5.74) is 3.63. The molecule has 4 rings (SSSR count). The van der Waals surface area contributed by atoms with Gasteiger partial charge >= 0.3 is 5.97 Å². The van der Waals surface area contributed by atoms with E-state index in [1.54, 1.807) is 24.1 Å². The highest BCUT2D eigenvalue weighted by molar-refractivity contribution is 5.94. The van der Waals surface area contributed by atoms with Gasteiger partial charge in [-0.2, -0.15) is 0 Å². The monoisotopic (exact) mass is 450 g/mol. The number of aromatic nitrogens is 1. The zero-order valence-electron chi connectivity index (χ0n) is 19.0. The van der Waals surface area contributed by atoms with E-state index >= 15 is 0 Å². The van der Waals surface area contributed by atoms with Crippen LogP contribution in [-0.2, 0) is 27.4 Å². The second-order valence-electron chi connectivity index (χ2n) is 8.00. The van der Waals surface area contributed by atoms with Gasteiger partial charge in [-0.05, 0) is 30.2 Å². The molecule has 5 heteroatoms. The Bertz CT molecular complexity index is 1240. The number of esters is 1. The smallest absolute Gasteiger partial charge is 0.331 e. The normalized spacial score (nSPS) is 11.9. The van der Waals surface area contributed by atoms with Crippen LogP contribution in [-0.4, -0.2) is 27.9 Å². The molecule has 0 saturated carbocycles. The number of pyridine rings is 1. The number of fused-ring (bicyclic) bond motifs is 1. The fraction of sp³-hybridized carbons (Fsp3) is 0.138. The number of para-hydroxylation sites is 1. The van der Waals surface area contributed by atoms with Crippen molar-refractivity contribution in [3.63, 3.8) is 0 Å². The molecule has 0 fully saturated rings. The van der Waals surface area contributed by atoms with E-state index in [0.717, 1.165) is 27.6 Å². The van der Waals surface area contributed by atoms with Crippen molar-refractivity contribution in [3.8, 4) is 0 Å². The maximum atomic E-state index is 13.3. The molecule has 0 unspecified atom stereocenters. The van der Waals surface area contributed by atoms with Crippen molar-refractivity contribution in [1.29, 1.82) is 0 Å². The molecular formula is C29H26N2O3. The van der Waals surface area contributed by atoms with E-state index in [0.29, 0.717) is 13.1 Å². The van der Waals surface area contributed by atoms with Crippen LogP contribution in [0.4, 0.5) is 0 Å². The SMILES string of the molecule is C[C@@H](OC(=O)/C=C/c1cccc2cccnc12)C(=O)N(Cc1ccccc1)Cc1ccccc1. The highest BCUT2D eigenvalue weighted by Gasteiger charge is 2.23. The average Bonchev–Trinajstić information content (AvgIpc) is 2.88. The maximum Gasteiger partial charge on any atom is 0.331 e. The van der Waals surface area contributed by atoms with Crippen LogP contribution in [0.2, 0.25) is 0 Å². The van der Waals surface area contributed by atoms with Crippen molar-refractivity contribution >= 4 is 28.9 Å². The van der Waals surface area contributed by atoms with Crippen LogP contribution in [0.15, 0.2) is 103 Å². The Kier molecular flexibility index (Phi) is 7.45. The first-order valence-electron chi connectivity index (χ1n) is 11.2. The lowest BCUT2D eigenvalue weighted by molar-refractivity contribution is -0.156. The van der Waals surface area contributed by atoms with Gasteiger partial charge in [0.2, 0.25) is 0 Å². The van der Waals surface area contributed by atoms with Gasteiger partial charge in [0.15, 0.2) is 6.10 Å². The van der Waals surface area contributed by atoms with Crippen LogP contribution in [0.5, 0.6) is 0 Å². The molecule has 0 radical (unpaired) electrons. The molecule has 0 aliphatic rings. The standard InChI is InChI=1S/C29H26N2O3/c1-22(34-27(32)18-17-26-15-8-14-25-16-9-19-30-28(25)26)29(33)31(20-23-10-4-2-5-11-23)21-24-12-6-3-7-13-24/h2-19,22H,20-21H2,1H3/b18-17+/t22-/m1/s1. The fourth-order valence-electron chi connectivity index (χ4n) is 3.76. The van der Waals surface area contributed by atoms with E-state index in [1.165, 1.54) is 6.08 Å². The topological polar surface area (TPSA) is 59.5 Å². The summed E-state index contributed by atoms with van der Waals surface area (Å²) in [6.45, 7) is 2.46. The number of carbonyl (C=O) groups is 2. The van der Waals surface area contributed by atoms with Crippen molar-refractivity contribution < 1.29 is 14.3 Å². The van der Waals surface area contributed by atoms with Gasteiger partial charge in [-0.1, -0.05) is 84.9 Å². The third-order valence-corrected chi connectivity index (χ3v) is 5.45. The minimum absolute atomic E-state index is 0.249. The van der Waals surface area contributed by atoms with Gasteiger partial charge in [0.25, 0.3) is 5.91 Å². The number of rotatable bonds is 8. The Balaban J connectivity index is 1.45. The van der Waals surface area contributed by atoms with E-state index in [1.807, 2.05) is 91.0 Å². The second kappa shape index (κ2) is 11.1. The Morgan fingerprint density at radius 1 is 0.853 bits per heavy atom. The van der Waals surface area contributed by atoms with Crippen molar-refractivity contribution in [2.75, 3.05) is 0 Å². The molecule has 3 aromatic carbocycles. The first-order chi connectivity index (χ1) is 16.6. The van der Waals surface area contributed by atoms with Crippen LogP contribution in [0.1, 0.15) is 23.6 Å². The number of hydrogen-bond donors (Lipinski definition) is 0. The van der Waals surface area contributed by atoms with Crippen LogP contribution >= 0.6 is 0 Å². The summed E-state index contributed by atoms with van der Waals surface area (Å²) in [6, 6.07) is 29.1. The van der Waals surface area contributed by atoms with Gasteiger partial charge in [0.05, 0.1) is 5.52 Å². The minimum atomic E-state index is -0.921. The van der Waals surface area contributed by atoms with E-state index in [2.05, 4.69) is 4.98 Å². The highest BCUT2D eigenvalue weighted by atomic mass is 16.5. The largest absolute Gasteiger partial charge is 0.449 e. The lowest BCUT2D eigenvalue weighted by Crippen LogP contribution is -2.39. The number of amides is 1. The van der Waals surface area contributed by atoms with Crippen molar-refractivity contribution in [3.05, 3.63) is 120 Å². The van der Waals surface area contributed by atoms with Gasteiger partial charge in [-0.25, -0.2) is 4.79 Å². The molecule has 0 aliphatic heterocycles. The Morgan fingerprint density at radius 3 is 2.12 bits per heavy atom. The van der Waals surface area contributed by atoms with E-state index in [4.69, 9.17) is 4.74 Å². The van der Waals surface area contributed by atoms with Gasteiger partial charge < -0.3 is 9.64 Å². The number of ether oxygens (including phenoxy) is 1. The van der Waals surface area contributed by atoms with Crippen molar-refractivity contribution in [2.24, 2.45) is 0 Å². The Labute approximate surface area is 199 Å². The molecule has 0 N–H and O–H groups in total. The lowest BCUT2D eigenvalue weighted by Gasteiger charge is -2.26. The lowest BCUT2D eigenvalue weighted by atomic mass is 10.1. The average molecular weight is 451 g/mol. The predicted molar refractivity (Wildman–Crippen MR) is 133 cm³/mol. The zero-order valence-corrected chi connectivity index (χ0v) is 19.0. The molecule has 4 aromatic rings. The highest BCUT2D eigenvalue weighted by Crippen LogP contribution is 2.17. The summed E-state index contributed by atoms with van der Waals surface area (Å²) in [7, 11) is 0. The first kappa shape index (κ1) is 22.9. The van der Waals surface area contributed by atoms with Crippen LogP contribution in [0.3, 0.4) is 0 Å². The summed E-state index contributed by atoms with van der Waals surface area (Å²) < 4.78 is 5.46. The first-order valence-corrected chi connectivity index (χ1v) is 11.2. The summed E-state index contributed by atoms with van der Waals surface area (Å²) in [5, 5.41) is 0.985. The predicted octanol–water partition coefficient (Wildman–Crippen LogP) is 5.41. The third kappa shape index (κ3) is 5.95. The number of nitrogens with zero attached hydrogens (tertiary/aromatic N) is 2. The molecule has 5 nitrogen and oxygen atoms in total. The summed E-state index contributed by atoms with van der Waals surface area (Å²) in [6.07, 6.45) is 3.80. The Morgan fingerprint density at radius 2 is 1.47 bits per heavy atom. The molecule has 0 bridgehead atoms. The third-order valence-electron chi connectivity index (χ3n) is 5.45. The van der Waals surface area contributed by atoms with Gasteiger partial charge in [-0.15, -0.1) is 0 Å². The van der Waals surface area contributed by atoms with Crippen molar-refractivity contribution in [2.45, 2.75) is 26.1 Å². The molecule has 34 heavy (non-hydrogen) atoms. The molecule has 0 spiro atoms. The molecule has 1 heterocycles. The van der Waals surface area contributed by atoms with Gasteiger partial charge in [0, 0.05) is 36.3 Å². The summed E-state index contributed by atoms with van der Waals surface area (Å²) in [5.74, 6) is -0.825. The summed E-state index contributed by atoms with van der Waals surface area (Å²) >= 11 is 0. The van der Waals surface area contributed by atoms with Crippen molar-refractivity contribution in [1.82, 2.24) is 9.88 Å². The molecule has 1 aromatic heterocycles. The quantitative estimate of drug-likeness (QED) is 0.266. The molecule has 0 aliphatic carbocycles. The molecule has 1 amide bonds.